The van der Waals surface area contributed by atoms with Gasteiger partial charge in [-0.05, 0) is 13.0 Å². The van der Waals surface area contributed by atoms with E-state index >= 15 is 0 Å². The molecule has 0 radical (unpaired) electrons. The van der Waals surface area contributed by atoms with Gasteiger partial charge < -0.3 is 10.3 Å². The molecule has 1 aromatic heterocycles. The normalized spacial score (nSPS) is 18.9. The van der Waals surface area contributed by atoms with Gasteiger partial charge in [-0.3, -0.25) is 10.1 Å². The minimum Gasteiger partial charge on any atom is -0.348 e. The van der Waals surface area contributed by atoms with Crippen LogP contribution in [0.2, 0.25) is 0 Å². The van der Waals surface area contributed by atoms with Crippen LogP contribution in [0.15, 0.2) is 30.6 Å². The smallest absolute Gasteiger partial charge is 0.238 e. The monoisotopic (exact) mass is 288 g/mol. The van der Waals surface area contributed by atoms with Crippen molar-refractivity contribution in [2.45, 2.75) is 32.0 Å². The van der Waals surface area contributed by atoms with Crippen LogP contribution in [-0.2, 0) is 17.8 Å². The van der Waals surface area contributed by atoms with Crippen molar-refractivity contribution in [3.63, 3.8) is 0 Å². The average molecular weight is 288 g/mol. The molecule has 1 aromatic carbocycles. The molecule has 2 heterocycles. The molecule has 2 atom stereocenters. The summed E-state index contributed by atoms with van der Waals surface area (Å²) in [5.41, 5.74) is 2.41. The van der Waals surface area contributed by atoms with Crippen molar-refractivity contribution in [2.75, 3.05) is 0 Å². The predicted octanol–water partition coefficient (Wildman–Crippen LogP) is 1.44. The van der Waals surface area contributed by atoms with Crippen LogP contribution >= 0.6 is 0 Å². The van der Waals surface area contributed by atoms with Crippen molar-refractivity contribution in [3.8, 4) is 0 Å². The number of fused-ring (bicyclic) bond motifs is 1. The summed E-state index contributed by atoms with van der Waals surface area (Å²) in [4.78, 5) is 19.5. The number of benzene rings is 1. The average Bonchev–Trinajstić information content (AvgIpc) is 2.94. The van der Waals surface area contributed by atoms with Crippen LogP contribution < -0.4 is 10.6 Å². The second kappa shape index (κ2) is 5.65. The van der Waals surface area contributed by atoms with Crippen LogP contribution in [0.1, 0.15) is 29.9 Å². The minimum absolute atomic E-state index is 0.139. The Morgan fingerprint density at radius 2 is 2.29 bits per heavy atom. The molecule has 0 aliphatic carbocycles. The third-order valence-electron chi connectivity index (χ3n) is 3.78. The lowest BCUT2D eigenvalue weighted by atomic mass is 10.0. The Labute approximate surface area is 122 Å². The first-order valence-corrected chi connectivity index (χ1v) is 6.94. The summed E-state index contributed by atoms with van der Waals surface area (Å²) < 4.78 is 13.7. The van der Waals surface area contributed by atoms with Gasteiger partial charge in [-0.25, -0.2) is 9.37 Å². The van der Waals surface area contributed by atoms with E-state index in [1.807, 2.05) is 0 Å². The zero-order valence-electron chi connectivity index (χ0n) is 11.7. The molecule has 0 fully saturated rings. The summed E-state index contributed by atoms with van der Waals surface area (Å²) in [6, 6.07) is 5.76. The SMILES string of the molecule is C[C@@H](NC(=O)C1Cc2nc[nH]c2CN1)c1ccccc1F. The number of aromatic nitrogens is 2. The lowest BCUT2D eigenvalue weighted by molar-refractivity contribution is -0.124. The summed E-state index contributed by atoms with van der Waals surface area (Å²) in [5.74, 6) is -0.448. The maximum absolute atomic E-state index is 13.7. The largest absolute Gasteiger partial charge is 0.348 e. The zero-order chi connectivity index (χ0) is 14.8. The van der Waals surface area contributed by atoms with E-state index in [1.165, 1.54) is 6.07 Å². The van der Waals surface area contributed by atoms with E-state index in [-0.39, 0.29) is 23.8 Å². The molecule has 0 spiro atoms. The highest BCUT2D eigenvalue weighted by Gasteiger charge is 2.27. The fraction of sp³-hybridized carbons (Fsp3) is 0.333. The Bertz CT molecular complexity index is 655. The number of rotatable bonds is 3. The van der Waals surface area contributed by atoms with Gasteiger partial charge >= 0.3 is 0 Å². The Morgan fingerprint density at radius 3 is 3.10 bits per heavy atom. The van der Waals surface area contributed by atoms with Gasteiger partial charge in [0, 0.05) is 18.5 Å². The molecule has 6 heteroatoms. The molecule has 1 aliphatic heterocycles. The van der Waals surface area contributed by atoms with E-state index in [4.69, 9.17) is 0 Å². The number of amides is 1. The van der Waals surface area contributed by atoms with E-state index < -0.39 is 0 Å². The number of nitrogens with one attached hydrogen (secondary N) is 3. The number of aromatic amines is 1. The van der Waals surface area contributed by atoms with Crippen molar-refractivity contribution in [1.29, 1.82) is 0 Å². The van der Waals surface area contributed by atoms with Crippen LogP contribution in [0.25, 0.3) is 0 Å². The molecule has 3 rings (SSSR count). The molecule has 1 amide bonds. The highest BCUT2D eigenvalue weighted by atomic mass is 19.1. The summed E-state index contributed by atoms with van der Waals surface area (Å²) in [6.45, 7) is 2.36. The topological polar surface area (TPSA) is 69.8 Å². The van der Waals surface area contributed by atoms with Gasteiger partial charge in [-0.2, -0.15) is 0 Å². The van der Waals surface area contributed by atoms with E-state index in [2.05, 4.69) is 20.6 Å². The van der Waals surface area contributed by atoms with E-state index in [1.54, 1.807) is 31.5 Å². The fourth-order valence-corrected chi connectivity index (χ4v) is 2.57. The highest BCUT2D eigenvalue weighted by Crippen LogP contribution is 2.17. The summed E-state index contributed by atoms with van der Waals surface area (Å²) in [6.07, 6.45) is 2.17. The summed E-state index contributed by atoms with van der Waals surface area (Å²) in [7, 11) is 0. The molecule has 5 nitrogen and oxygen atoms in total. The molecular weight excluding hydrogens is 271 g/mol. The Morgan fingerprint density at radius 1 is 1.48 bits per heavy atom. The third-order valence-corrected chi connectivity index (χ3v) is 3.78. The molecule has 2 aromatic rings. The van der Waals surface area contributed by atoms with Crippen molar-refractivity contribution in [2.24, 2.45) is 0 Å². The fourth-order valence-electron chi connectivity index (χ4n) is 2.57. The maximum atomic E-state index is 13.7. The first-order chi connectivity index (χ1) is 10.1. The molecule has 0 saturated heterocycles. The second-order valence-corrected chi connectivity index (χ2v) is 5.22. The van der Waals surface area contributed by atoms with E-state index in [0.717, 1.165) is 11.4 Å². The molecule has 0 saturated carbocycles. The molecule has 3 N–H and O–H groups in total. The Kier molecular flexibility index (Phi) is 3.70. The third kappa shape index (κ3) is 2.80. The number of imidazole rings is 1. The van der Waals surface area contributed by atoms with Gasteiger partial charge in [-0.1, -0.05) is 18.2 Å². The van der Waals surface area contributed by atoms with Gasteiger partial charge in [0.1, 0.15) is 5.82 Å². The second-order valence-electron chi connectivity index (χ2n) is 5.22. The quantitative estimate of drug-likeness (QED) is 0.800. The zero-order valence-corrected chi connectivity index (χ0v) is 11.7. The number of hydrogen-bond donors (Lipinski definition) is 3. The number of carbonyl (C=O) groups excluding carboxylic acids is 1. The van der Waals surface area contributed by atoms with Crippen molar-refractivity contribution in [3.05, 3.63) is 53.4 Å². The molecule has 1 unspecified atom stereocenters. The maximum Gasteiger partial charge on any atom is 0.238 e. The molecule has 0 bridgehead atoms. The molecule has 110 valence electrons. The number of nitrogens with zero attached hydrogens (tertiary/aromatic N) is 1. The van der Waals surface area contributed by atoms with Crippen molar-refractivity contribution < 1.29 is 9.18 Å². The van der Waals surface area contributed by atoms with Crippen LogP contribution in [0, 0.1) is 5.82 Å². The number of H-pyrrole nitrogens is 1. The molecular formula is C15H17FN4O. The number of hydrogen-bond acceptors (Lipinski definition) is 3. The first-order valence-electron chi connectivity index (χ1n) is 6.94. The van der Waals surface area contributed by atoms with Gasteiger partial charge in [0.05, 0.1) is 29.8 Å². The Hall–Kier alpha value is -2.21. The lowest BCUT2D eigenvalue weighted by Crippen LogP contribution is -2.48. The van der Waals surface area contributed by atoms with Crippen LogP contribution in [0.5, 0.6) is 0 Å². The van der Waals surface area contributed by atoms with E-state index in [9.17, 15) is 9.18 Å². The lowest BCUT2D eigenvalue weighted by Gasteiger charge is -2.24. The van der Waals surface area contributed by atoms with Gasteiger partial charge in [0.15, 0.2) is 0 Å². The standard InChI is InChI=1S/C15H17FN4O/c1-9(10-4-2-3-5-11(10)16)20-15(21)13-6-12-14(7-17-13)19-8-18-12/h2-5,8-9,13,17H,6-7H2,1H3,(H,18,19)(H,20,21)/t9-,13?/m1/s1. The number of halogens is 1. The van der Waals surface area contributed by atoms with Crippen molar-refractivity contribution in [1.82, 2.24) is 20.6 Å². The summed E-state index contributed by atoms with van der Waals surface area (Å²) >= 11 is 0. The van der Waals surface area contributed by atoms with Gasteiger partial charge in [0.2, 0.25) is 5.91 Å². The Balaban J connectivity index is 1.66. The van der Waals surface area contributed by atoms with Gasteiger partial charge in [-0.15, -0.1) is 0 Å². The molecule has 1 aliphatic rings. The number of carbonyl (C=O) groups is 1. The van der Waals surface area contributed by atoms with Gasteiger partial charge in [0.25, 0.3) is 0 Å². The predicted molar refractivity (Wildman–Crippen MR) is 75.9 cm³/mol. The molecule has 21 heavy (non-hydrogen) atoms. The highest BCUT2D eigenvalue weighted by molar-refractivity contribution is 5.82. The van der Waals surface area contributed by atoms with Crippen LogP contribution in [-0.4, -0.2) is 21.9 Å². The van der Waals surface area contributed by atoms with Crippen molar-refractivity contribution >= 4 is 5.91 Å². The minimum atomic E-state index is -0.374. The van der Waals surface area contributed by atoms with E-state index in [0.29, 0.717) is 18.5 Å². The summed E-state index contributed by atoms with van der Waals surface area (Å²) in [5, 5.41) is 6.01. The van der Waals surface area contributed by atoms with Crippen LogP contribution in [0.4, 0.5) is 4.39 Å². The first kappa shape index (κ1) is 13.8. The van der Waals surface area contributed by atoms with Crippen LogP contribution in [0.3, 0.4) is 0 Å².